The van der Waals surface area contributed by atoms with Gasteiger partial charge in [-0.05, 0) is 43.7 Å². The SMILES string of the molecule is Cc1ccccc1OC(=O)CCCC(=O)OCC1CCCCC1. The smallest absolute Gasteiger partial charge is 0.311 e. The van der Waals surface area contributed by atoms with Crippen molar-refractivity contribution in [3.63, 3.8) is 0 Å². The summed E-state index contributed by atoms with van der Waals surface area (Å²) in [5, 5.41) is 0. The first-order valence-electron chi connectivity index (χ1n) is 8.57. The van der Waals surface area contributed by atoms with Crippen molar-refractivity contribution in [2.75, 3.05) is 6.61 Å². The van der Waals surface area contributed by atoms with E-state index in [1.165, 1.54) is 19.3 Å². The summed E-state index contributed by atoms with van der Waals surface area (Å²) in [6.07, 6.45) is 7.08. The molecule has 0 saturated heterocycles. The third-order valence-electron chi connectivity index (χ3n) is 4.28. The van der Waals surface area contributed by atoms with Crippen molar-refractivity contribution in [2.45, 2.75) is 58.3 Å². The van der Waals surface area contributed by atoms with E-state index in [1.54, 1.807) is 6.07 Å². The Morgan fingerprint density at radius 2 is 1.74 bits per heavy atom. The normalized spacial score (nSPS) is 15.2. The Kier molecular flexibility index (Phi) is 7.11. The molecule has 0 heterocycles. The lowest BCUT2D eigenvalue weighted by Crippen LogP contribution is -2.17. The summed E-state index contributed by atoms with van der Waals surface area (Å²) in [5.74, 6) is 0.592. The summed E-state index contributed by atoms with van der Waals surface area (Å²) < 4.78 is 10.6. The summed E-state index contributed by atoms with van der Waals surface area (Å²) >= 11 is 0. The van der Waals surface area contributed by atoms with E-state index < -0.39 is 0 Å². The number of esters is 2. The molecular formula is C19H26O4. The van der Waals surface area contributed by atoms with Gasteiger partial charge in [-0.1, -0.05) is 37.5 Å². The molecule has 1 aromatic carbocycles. The van der Waals surface area contributed by atoms with E-state index in [4.69, 9.17) is 9.47 Å². The fraction of sp³-hybridized carbons (Fsp3) is 0.579. The van der Waals surface area contributed by atoms with Gasteiger partial charge in [0.25, 0.3) is 0 Å². The van der Waals surface area contributed by atoms with Crippen molar-refractivity contribution in [1.82, 2.24) is 0 Å². The molecule has 0 amide bonds. The van der Waals surface area contributed by atoms with Gasteiger partial charge in [-0.15, -0.1) is 0 Å². The van der Waals surface area contributed by atoms with Gasteiger partial charge in [-0.2, -0.15) is 0 Å². The highest BCUT2D eigenvalue weighted by Crippen LogP contribution is 2.23. The molecule has 0 unspecified atom stereocenters. The van der Waals surface area contributed by atoms with Crippen LogP contribution in [-0.2, 0) is 14.3 Å². The second-order valence-electron chi connectivity index (χ2n) is 6.28. The van der Waals surface area contributed by atoms with Gasteiger partial charge in [0.1, 0.15) is 5.75 Å². The quantitative estimate of drug-likeness (QED) is 0.558. The number of hydrogen-bond acceptors (Lipinski definition) is 4. The Morgan fingerprint density at radius 1 is 1.04 bits per heavy atom. The lowest BCUT2D eigenvalue weighted by molar-refractivity contribution is -0.145. The van der Waals surface area contributed by atoms with Crippen LogP contribution in [0.15, 0.2) is 24.3 Å². The zero-order valence-corrected chi connectivity index (χ0v) is 13.9. The molecule has 1 aliphatic carbocycles. The summed E-state index contributed by atoms with van der Waals surface area (Å²) in [7, 11) is 0. The molecule has 4 nitrogen and oxygen atoms in total. The van der Waals surface area contributed by atoms with E-state index in [2.05, 4.69) is 0 Å². The lowest BCUT2D eigenvalue weighted by Gasteiger charge is -2.20. The first-order chi connectivity index (χ1) is 11.1. The van der Waals surface area contributed by atoms with E-state index in [0.29, 0.717) is 24.7 Å². The van der Waals surface area contributed by atoms with Crippen molar-refractivity contribution in [3.8, 4) is 5.75 Å². The molecule has 0 atom stereocenters. The molecule has 0 aliphatic heterocycles. The highest BCUT2D eigenvalue weighted by molar-refractivity contribution is 5.74. The minimum absolute atomic E-state index is 0.209. The summed E-state index contributed by atoms with van der Waals surface area (Å²) in [4.78, 5) is 23.5. The third kappa shape index (κ3) is 6.43. The Bertz CT molecular complexity index is 518. The molecule has 1 aromatic rings. The average molecular weight is 318 g/mol. The predicted octanol–water partition coefficient (Wildman–Crippen LogP) is 4.19. The fourth-order valence-corrected chi connectivity index (χ4v) is 2.86. The van der Waals surface area contributed by atoms with Gasteiger partial charge in [-0.25, -0.2) is 0 Å². The maximum absolute atomic E-state index is 11.8. The average Bonchev–Trinajstić information content (AvgIpc) is 2.56. The Balaban J connectivity index is 1.59. The summed E-state index contributed by atoms with van der Waals surface area (Å²) in [5.41, 5.74) is 0.924. The van der Waals surface area contributed by atoms with Crippen molar-refractivity contribution in [3.05, 3.63) is 29.8 Å². The van der Waals surface area contributed by atoms with Crippen LogP contribution in [0.25, 0.3) is 0 Å². The van der Waals surface area contributed by atoms with Crippen LogP contribution in [0.4, 0.5) is 0 Å². The van der Waals surface area contributed by atoms with Crippen LogP contribution < -0.4 is 4.74 Å². The second kappa shape index (κ2) is 9.33. The lowest BCUT2D eigenvalue weighted by atomic mass is 9.90. The fourth-order valence-electron chi connectivity index (χ4n) is 2.86. The number of rotatable bonds is 7. The number of aryl methyl sites for hydroxylation is 1. The van der Waals surface area contributed by atoms with E-state index in [0.717, 1.165) is 18.4 Å². The highest BCUT2D eigenvalue weighted by Gasteiger charge is 2.16. The van der Waals surface area contributed by atoms with Gasteiger partial charge in [-0.3, -0.25) is 9.59 Å². The Labute approximate surface area is 138 Å². The van der Waals surface area contributed by atoms with Gasteiger partial charge in [0.15, 0.2) is 0 Å². The highest BCUT2D eigenvalue weighted by atomic mass is 16.5. The monoisotopic (exact) mass is 318 g/mol. The topological polar surface area (TPSA) is 52.6 Å². The van der Waals surface area contributed by atoms with E-state index >= 15 is 0 Å². The standard InChI is InChI=1S/C19H26O4/c1-15-8-5-6-11-17(15)23-19(21)13-7-12-18(20)22-14-16-9-3-2-4-10-16/h5-6,8,11,16H,2-4,7,9-10,12-14H2,1H3. The van der Waals surface area contributed by atoms with Gasteiger partial charge < -0.3 is 9.47 Å². The molecule has 0 spiro atoms. The molecular weight excluding hydrogens is 292 g/mol. The molecule has 0 bridgehead atoms. The predicted molar refractivity (Wildman–Crippen MR) is 88.2 cm³/mol. The van der Waals surface area contributed by atoms with Crippen LogP contribution in [0, 0.1) is 12.8 Å². The van der Waals surface area contributed by atoms with E-state index in [9.17, 15) is 9.59 Å². The zero-order valence-electron chi connectivity index (χ0n) is 13.9. The van der Waals surface area contributed by atoms with Gasteiger partial charge in [0, 0.05) is 12.8 Å². The first-order valence-corrected chi connectivity index (χ1v) is 8.57. The molecule has 0 aromatic heterocycles. The molecule has 4 heteroatoms. The maximum Gasteiger partial charge on any atom is 0.311 e. The van der Waals surface area contributed by atoms with Crippen LogP contribution in [-0.4, -0.2) is 18.5 Å². The van der Waals surface area contributed by atoms with Crippen molar-refractivity contribution in [2.24, 2.45) is 5.92 Å². The van der Waals surface area contributed by atoms with E-state index in [-0.39, 0.29) is 24.8 Å². The Morgan fingerprint density at radius 3 is 2.48 bits per heavy atom. The minimum atomic E-state index is -0.306. The number of ether oxygens (including phenoxy) is 2. The zero-order chi connectivity index (χ0) is 16.5. The van der Waals surface area contributed by atoms with Gasteiger partial charge in [0.2, 0.25) is 0 Å². The molecule has 1 fully saturated rings. The van der Waals surface area contributed by atoms with Crippen LogP contribution in [0.1, 0.15) is 56.9 Å². The Hall–Kier alpha value is -1.84. The number of carbonyl (C=O) groups is 2. The number of benzene rings is 1. The molecule has 2 rings (SSSR count). The van der Waals surface area contributed by atoms with Crippen molar-refractivity contribution in [1.29, 1.82) is 0 Å². The van der Waals surface area contributed by atoms with Gasteiger partial charge >= 0.3 is 11.9 Å². The second-order valence-corrected chi connectivity index (χ2v) is 6.28. The molecule has 23 heavy (non-hydrogen) atoms. The molecule has 126 valence electrons. The minimum Gasteiger partial charge on any atom is -0.465 e. The van der Waals surface area contributed by atoms with Crippen molar-refractivity contribution < 1.29 is 19.1 Å². The van der Waals surface area contributed by atoms with Crippen LogP contribution >= 0.6 is 0 Å². The largest absolute Gasteiger partial charge is 0.465 e. The first kappa shape index (κ1) is 17.5. The maximum atomic E-state index is 11.8. The van der Waals surface area contributed by atoms with Gasteiger partial charge in [0.05, 0.1) is 6.61 Å². The number of para-hydroxylation sites is 1. The van der Waals surface area contributed by atoms with Crippen molar-refractivity contribution >= 4 is 11.9 Å². The number of carbonyl (C=O) groups excluding carboxylic acids is 2. The van der Waals surface area contributed by atoms with Crippen LogP contribution in [0.2, 0.25) is 0 Å². The van der Waals surface area contributed by atoms with Crippen LogP contribution in [0.5, 0.6) is 5.75 Å². The summed E-state index contributed by atoms with van der Waals surface area (Å²) in [6, 6.07) is 7.39. The molecule has 1 saturated carbocycles. The number of hydrogen-bond donors (Lipinski definition) is 0. The molecule has 0 radical (unpaired) electrons. The summed E-state index contributed by atoms with van der Waals surface area (Å²) in [6.45, 7) is 2.43. The molecule has 0 N–H and O–H groups in total. The van der Waals surface area contributed by atoms with E-state index in [1.807, 2.05) is 25.1 Å². The van der Waals surface area contributed by atoms with Crippen LogP contribution in [0.3, 0.4) is 0 Å². The molecule has 1 aliphatic rings. The third-order valence-corrected chi connectivity index (χ3v) is 4.28.